The van der Waals surface area contributed by atoms with Gasteiger partial charge < -0.3 is 5.11 Å². The Balaban J connectivity index is 3.54. The Bertz CT molecular complexity index is 521. The summed E-state index contributed by atoms with van der Waals surface area (Å²) in [5, 5.41) is 8.09. The number of carboxylic acids is 1. The lowest BCUT2D eigenvalue weighted by Gasteiger charge is -2.12. The first-order valence-electron chi connectivity index (χ1n) is 4.61. The molecule has 0 atom stereocenters. The topological polar surface area (TPSA) is 37.3 Å². The smallest absolute Gasteiger partial charge is 0.417 e. The Kier molecular flexibility index (Phi) is 4.01. The maximum absolute atomic E-state index is 13.5. The van der Waals surface area contributed by atoms with Crippen molar-refractivity contribution >= 4 is 23.6 Å². The molecule has 0 aliphatic rings. The number of aliphatic carboxylic acids is 1. The van der Waals surface area contributed by atoms with Gasteiger partial charge in [0.2, 0.25) is 0 Å². The summed E-state index contributed by atoms with van der Waals surface area (Å²) in [6, 6.07) is 1.37. The Hall–Kier alpha value is -1.56. The molecule has 1 aromatic carbocycles. The molecule has 0 unspecified atom stereocenters. The van der Waals surface area contributed by atoms with Crippen molar-refractivity contribution in [1.29, 1.82) is 0 Å². The zero-order chi connectivity index (χ0) is 14.1. The van der Waals surface area contributed by atoms with E-state index < -0.39 is 39.7 Å². The molecule has 0 spiro atoms. The van der Waals surface area contributed by atoms with E-state index in [0.717, 1.165) is 13.0 Å². The van der Waals surface area contributed by atoms with Crippen molar-refractivity contribution < 1.29 is 27.5 Å². The van der Waals surface area contributed by atoms with Crippen molar-refractivity contribution in [2.45, 2.75) is 13.1 Å². The average molecular weight is 283 g/mol. The highest BCUT2D eigenvalue weighted by atomic mass is 35.5. The Morgan fingerprint density at radius 1 is 1.39 bits per heavy atom. The van der Waals surface area contributed by atoms with Crippen LogP contribution in [0.1, 0.15) is 18.1 Å². The summed E-state index contributed by atoms with van der Waals surface area (Å²) in [6.45, 7) is 1.06. The molecule has 0 saturated heterocycles. The summed E-state index contributed by atoms with van der Waals surface area (Å²) in [7, 11) is 0. The molecular formula is C11H7ClF4O2. The molecule has 0 saturated carbocycles. The monoisotopic (exact) mass is 282 g/mol. The van der Waals surface area contributed by atoms with Gasteiger partial charge in [-0.25, -0.2) is 9.18 Å². The molecule has 1 aromatic rings. The minimum atomic E-state index is -4.80. The van der Waals surface area contributed by atoms with E-state index in [9.17, 15) is 22.4 Å². The molecule has 0 radical (unpaired) electrons. The second-order valence-corrected chi connectivity index (χ2v) is 3.86. The molecular weight excluding hydrogens is 276 g/mol. The second-order valence-electron chi connectivity index (χ2n) is 3.45. The fourth-order valence-corrected chi connectivity index (χ4v) is 1.40. The fourth-order valence-electron chi connectivity index (χ4n) is 1.23. The molecule has 2 nitrogen and oxygen atoms in total. The SMILES string of the molecule is C/C(=C\c1c(C(F)(F)F)ccc(Cl)c1F)C(=O)O. The highest BCUT2D eigenvalue weighted by Gasteiger charge is 2.34. The Morgan fingerprint density at radius 2 is 1.94 bits per heavy atom. The van der Waals surface area contributed by atoms with Gasteiger partial charge in [-0.3, -0.25) is 0 Å². The molecule has 0 fully saturated rings. The molecule has 1 rings (SSSR count). The van der Waals surface area contributed by atoms with Crippen LogP contribution in [0.2, 0.25) is 5.02 Å². The van der Waals surface area contributed by atoms with Crippen molar-refractivity contribution in [2.24, 2.45) is 0 Å². The number of alkyl halides is 3. The maximum Gasteiger partial charge on any atom is 0.417 e. The zero-order valence-corrected chi connectivity index (χ0v) is 9.73. The molecule has 0 aliphatic carbocycles. The summed E-state index contributed by atoms with van der Waals surface area (Å²) in [5.41, 5.74) is -2.58. The molecule has 0 aliphatic heterocycles. The van der Waals surface area contributed by atoms with E-state index in [0.29, 0.717) is 12.1 Å². The van der Waals surface area contributed by atoms with E-state index in [4.69, 9.17) is 16.7 Å². The largest absolute Gasteiger partial charge is 0.478 e. The van der Waals surface area contributed by atoms with Crippen molar-refractivity contribution in [3.05, 3.63) is 39.7 Å². The minimum absolute atomic E-state index is 0.429. The van der Waals surface area contributed by atoms with Gasteiger partial charge in [-0.2, -0.15) is 13.2 Å². The third-order valence-electron chi connectivity index (χ3n) is 2.14. The van der Waals surface area contributed by atoms with Gasteiger partial charge in [0.05, 0.1) is 10.6 Å². The molecule has 0 aromatic heterocycles. The quantitative estimate of drug-likeness (QED) is 0.658. The lowest BCUT2D eigenvalue weighted by Crippen LogP contribution is -2.09. The van der Waals surface area contributed by atoms with Gasteiger partial charge in [0.25, 0.3) is 0 Å². The third kappa shape index (κ3) is 3.01. The van der Waals surface area contributed by atoms with Gasteiger partial charge in [0, 0.05) is 11.1 Å². The Morgan fingerprint density at radius 3 is 2.39 bits per heavy atom. The summed E-state index contributed by atoms with van der Waals surface area (Å²) >= 11 is 5.38. The molecule has 98 valence electrons. The summed E-state index contributed by atoms with van der Waals surface area (Å²) < 4.78 is 51.4. The number of hydrogen-bond donors (Lipinski definition) is 1. The van der Waals surface area contributed by atoms with Gasteiger partial charge in [0.1, 0.15) is 5.82 Å². The fraction of sp³-hybridized carbons (Fsp3) is 0.182. The number of carboxylic acid groups (broad SMARTS) is 1. The summed E-state index contributed by atoms with van der Waals surface area (Å²) in [4.78, 5) is 10.6. The first-order chi connectivity index (χ1) is 8.14. The third-order valence-corrected chi connectivity index (χ3v) is 2.43. The van der Waals surface area contributed by atoms with Crippen LogP contribution in [0.25, 0.3) is 6.08 Å². The number of carbonyl (C=O) groups is 1. The van der Waals surface area contributed by atoms with E-state index in [1.54, 1.807) is 0 Å². The van der Waals surface area contributed by atoms with Crippen LogP contribution in [0.4, 0.5) is 17.6 Å². The van der Waals surface area contributed by atoms with Gasteiger partial charge in [-0.05, 0) is 25.1 Å². The van der Waals surface area contributed by atoms with Crippen LogP contribution in [0.3, 0.4) is 0 Å². The number of halogens is 5. The minimum Gasteiger partial charge on any atom is -0.478 e. The van der Waals surface area contributed by atoms with Gasteiger partial charge >= 0.3 is 12.1 Å². The molecule has 7 heteroatoms. The van der Waals surface area contributed by atoms with Gasteiger partial charge in [-0.1, -0.05) is 11.6 Å². The Labute approximate surface area is 104 Å². The highest BCUT2D eigenvalue weighted by molar-refractivity contribution is 6.30. The first kappa shape index (κ1) is 14.5. The number of hydrogen-bond acceptors (Lipinski definition) is 1. The predicted molar refractivity (Wildman–Crippen MR) is 57.7 cm³/mol. The van der Waals surface area contributed by atoms with Crippen LogP contribution in [0.15, 0.2) is 17.7 Å². The molecule has 18 heavy (non-hydrogen) atoms. The van der Waals surface area contributed by atoms with E-state index >= 15 is 0 Å². The zero-order valence-electron chi connectivity index (χ0n) is 8.98. The highest BCUT2D eigenvalue weighted by Crippen LogP contribution is 2.36. The van der Waals surface area contributed by atoms with Crippen LogP contribution >= 0.6 is 11.6 Å². The van der Waals surface area contributed by atoms with Crippen LogP contribution < -0.4 is 0 Å². The average Bonchev–Trinajstić information content (AvgIpc) is 2.22. The van der Waals surface area contributed by atoms with Crippen molar-refractivity contribution in [1.82, 2.24) is 0 Å². The molecule has 1 N–H and O–H groups in total. The van der Waals surface area contributed by atoms with Crippen LogP contribution in [0.5, 0.6) is 0 Å². The van der Waals surface area contributed by atoms with E-state index in [-0.39, 0.29) is 0 Å². The van der Waals surface area contributed by atoms with E-state index in [1.165, 1.54) is 0 Å². The predicted octanol–water partition coefficient (Wildman–Crippen LogP) is 3.99. The van der Waals surface area contributed by atoms with Crippen molar-refractivity contribution in [3.63, 3.8) is 0 Å². The van der Waals surface area contributed by atoms with Crippen LogP contribution in [0, 0.1) is 5.82 Å². The van der Waals surface area contributed by atoms with Crippen molar-refractivity contribution in [3.8, 4) is 0 Å². The normalized spacial score (nSPS) is 12.7. The number of benzene rings is 1. The van der Waals surface area contributed by atoms with E-state index in [2.05, 4.69) is 0 Å². The van der Waals surface area contributed by atoms with Gasteiger partial charge in [-0.15, -0.1) is 0 Å². The molecule has 0 amide bonds. The molecule has 0 heterocycles. The number of rotatable bonds is 2. The van der Waals surface area contributed by atoms with Gasteiger partial charge in [0.15, 0.2) is 0 Å². The lowest BCUT2D eigenvalue weighted by molar-refractivity contribution is -0.138. The van der Waals surface area contributed by atoms with E-state index in [1.807, 2.05) is 0 Å². The summed E-state index contributed by atoms with van der Waals surface area (Å²) in [5.74, 6) is -2.74. The van der Waals surface area contributed by atoms with Crippen LogP contribution in [-0.2, 0) is 11.0 Å². The second kappa shape index (κ2) is 4.97. The molecule has 0 bridgehead atoms. The van der Waals surface area contributed by atoms with Crippen LogP contribution in [-0.4, -0.2) is 11.1 Å². The summed E-state index contributed by atoms with van der Waals surface area (Å²) in [6.07, 6.45) is -4.19. The lowest BCUT2D eigenvalue weighted by atomic mass is 10.0. The van der Waals surface area contributed by atoms with Crippen molar-refractivity contribution in [2.75, 3.05) is 0 Å². The standard InChI is InChI=1S/C11H7ClF4O2/c1-5(10(17)18)4-6-7(11(14,15)16)2-3-8(12)9(6)13/h2-4H,1H3,(H,17,18)/b5-4+. The maximum atomic E-state index is 13.5. The first-order valence-corrected chi connectivity index (χ1v) is 4.99.